The molecule has 2 rings (SSSR count). The van der Waals surface area contributed by atoms with Crippen LogP contribution in [0, 0.1) is 17.0 Å². The molecule has 0 fully saturated rings. The number of nitro benzene ring substituents is 1. The van der Waals surface area contributed by atoms with Gasteiger partial charge in [-0.2, -0.15) is 13.2 Å². The first-order chi connectivity index (χ1) is 13.0. The minimum Gasteiger partial charge on any atom is -0.367 e. The first kappa shape index (κ1) is 21.8. The quantitative estimate of drug-likeness (QED) is 0.523. The molecule has 2 aromatic carbocycles. The van der Waals surface area contributed by atoms with E-state index in [0.717, 1.165) is 6.07 Å². The van der Waals surface area contributed by atoms with E-state index in [0.29, 0.717) is 16.7 Å². The van der Waals surface area contributed by atoms with E-state index in [1.54, 1.807) is 12.1 Å². The molecule has 2 aromatic rings. The summed E-state index contributed by atoms with van der Waals surface area (Å²) in [5.41, 5.74) is 1.10. The van der Waals surface area contributed by atoms with Crippen molar-refractivity contribution in [1.82, 2.24) is 4.72 Å². The average Bonchev–Trinajstić information content (AvgIpc) is 2.60. The maximum absolute atomic E-state index is 12.3. The Balaban J connectivity index is 1.99. The number of hydrogen-bond donors (Lipinski definition) is 1. The van der Waals surface area contributed by atoms with Crippen LogP contribution < -0.4 is 4.72 Å². The second-order valence-corrected chi connectivity index (χ2v) is 7.72. The fourth-order valence-corrected chi connectivity index (χ4v) is 3.29. The molecule has 0 heterocycles. The smallest absolute Gasteiger partial charge is 0.367 e. The Morgan fingerprint density at radius 3 is 2.29 bits per heavy atom. The van der Waals surface area contributed by atoms with Gasteiger partial charge in [-0.15, -0.1) is 0 Å². The molecule has 0 atom stereocenters. The zero-order chi connectivity index (χ0) is 20.9. The van der Waals surface area contributed by atoms with Gasteiger partial charge in [-0.1, -0.05) is 30.3 Å². The van der Waals surface area contributed by atoms with Gasteiger partial charge in [-0.25, -0.2) is 13.1 Å². The second-order valence-electron chi connectivity index (χ2n) is 5.95. The lowest BCUT2D eigenvalue weighted by Crippen LogP contribution is -2.23. The maximum Gasteiger partial charge on any atom is 0.411 e. The van der Waals surface area contributed by atoms with Crippen molar-refractivity contribution >= 4 is 15.7 Å². The van der Waals surface area contributed by atoms with Gasteiger partial charge in [0.15, 0.2) is 0 Å². The van der Waals surface area contributed by atoms with E-state index in [1.165, 1.54) is 31.2 Å². The number of nitrogens with zero attached hydrogens (tertiary/aromatic N) is 1. The minimum atomic E-state index is -4.40. The first-order valence-electron chi connectivity index (χ1n) is 7.95. The third-order valence-corrected chi connectivity index (χ3v) is 5.11. The summed E-state index contributed by atoms with van der Waals surface area (Å²) < 4.78 is 67.7. The Labute approximate surface area is 159 Å². The lowest BCUT2D eigenvalue weighted by Gasteiger charge is -2.09. The van der Waals surface area contributed by atoms with Gasteiger partial charge in [-0.3, -0.25) is 10.1 Å². The molecule has 7 nitrogen and oxygen atoms in total. The highest BCUT2D eigenvalue weighted by molar-refractivity contribution is 7.89. The molecule has 1 N–H and O–H groups in total. The molecule has 0 unspecified atom stereocenters. The van der Waals surface area contributed by atoms with Gasteiger partial charge in [0.2, 0.25) is 10.0 Å². The van der Waals surface area contributed by atoms with Gasteiger partial charge in [-0.05, 0) is 24.1 Å². The summed E-state index contributed by atoms with van der Waals surface area (Å²) in [6.07, 6.45) is -4.40. The van der Waals surface area contributed by atoms with Gasteiger partial charge in [0.05, 0.1) is 16.4 Å². The monoisotopic (exact) mass is 418 g/mol. The SMILES string of the molecule is Cc1ccc(S(=O)(=O)NCc2ccc(COCC(F)(F)F)cc2)cc1[N+](=O)[O-]. The Morgan fingerprint density at radius 1 is 1.11 bits per heavy atom. The third kappa shape index (κ3) is 6.29. The van der Waals surface area contributed by atoms with E-state index in [-0.39, 0.29) is 23.7 Å². The largest absolute Gasteiger partial charge is 0.411 e. The van der Waals surface area contributed by atoms with Crippen LogP contribution >= 0.6 is 0 Å². The van der Waals surface area contributed by atoms with Crippen LogP contribution in [0.15, 0.2) is 47.4 Å². The molecule has 0 bridgehead atoms. The van der Waals surface area contributed by atoms with Crippen LogP contribution in [-0.4, -0.2) is 26.1 Å². The summed E-state index contributed by atoms with van der Waals surface area (Å²) in [5.74, 6) is 0. The van der Waals surface area contributed by atoms with Gasteiger partial charge < -0.3 is 4.74 Å². The molecule has 0 saturated carbocycles. The molecule has 0 aromatic heterocycles. The van der Waals surface area contributed by atoms with Crippen molar-refractivity contribution in [3.8, 4) is 0 Å². The number of nitro groups is 1. The Morgan fingerprint density at radius 2 is 1.71 bits per heavy atom. The molecule has 0 aliphatic carbocycles. The van der Waals surface area contributed by atoms with Crippen LogP contribution in [-0.2, 0) is 27.9 Å². The highest BCUT2D eigenvalue weighted by Crippen LogP contribution is 2.22. The molecule has 0 saturated heterocycles. The van der Waals surface area contributed by atoms with Gasteiger partial charge >= 0.3 is 6.18 Å². The van der Waals surface area contributed by atoms with Crippen molar-refractivity contribution in [1.29, 1.82) is 0 Å². The lowest BCUT2D eigenvalue weighted by atomic mass is 10.1. The van der Waals surface area contributed by atoms with E-state index >= 15 is 0 Å². The van der Waals surface area contributed by atoms with E-state index in [9.17, 15) is 31.7 Å². The van der Waals surface area contributed by atoms with Crippen LogP contribution in [0.4, 0.5) is 18.9 Å². The zero-order valence-corrected chi connectivity index (χ0v) is 15.5. The molecule has 0 aliphatic rings. The average molecular weight is 418 g/mol. The Hall–Kier alpha value is -2.50. The highest BCUT2D eigenvalue weighted by Gasteiger charge is 2.27. The van der Waals surface area contributed by atoms with Crippen LogP contribution in [0.1, 0.15) is 16.7 Å². The van der Waals surface area contributed by atoms with E-state index in [4.69, 9.17) is 0 Å². The van der Waals surface area contributed by atoms with Crippen LogP contribution in [0.2, 0.25) is 0 Å². The normalized spacial score (nSPS) is 12.1. The zero-order valence-electron chi connectivity index (χ0n) is 14.7. The van der Waals surface area contributed by atoms with Gasteiger partial charge in [0, 0.05) is 18.2 Å². The molecule has 152 valence electrons. The second kappa shape index (κ2) is 8.67. The van der Waals surface area contributed by atoms with Crippen LogP contribution in [0.3, 0.4) is 0 Å². The molecule has 0 aliphatic heterocycles. The van der Waals surface area contributed by atoms with Gasteiger partial charge in [0.1, 0.15) is 6.61 Å². The molecule has 0 radical (unpaired) electrons. The summed E-state index contributed by atoms with van der Waals surface area (Å²) in [4.78, 5) is 10.1. The van der Waals surface area contributed by atoms with E-state index in [1.807, 2.05) is 0 Å². The lowest BCUT2D eigenvalue weighted by molar-refractivity contribution is -0.385. The predicted molar refractivity (Wildman–Crippen MR) is 94.0 cm³/mol. The van der Waals surface area contributed by atoms with Crippen molar-refractivity contribution < 1.29 is 31.2 Å². The summed E-state index contributed by atoms with van der Waals surface area (Å²) >= 11 is 0. The number of halogens is 3. The number of ether oxygens (including phenoxy) is 1. The first-order valence-corrected chi connectivity index (χ1v) is 9.43. The number of sulfonamides is 1. The molecular weight excluding hydrogens is 401 g/mol. The standard InChI is InChI=1S/C17H17F3N2O5S/c1-12-2-7-15(8-16(12)22(23)24)28(25,26)21-9-13-3-5-14(6-4-13)10-27-11-17(18,19)20/h2-8,21H,9-11H2,1H3. The van der Waals surface area contributed by atoms with Crippen molar-refractivity contribution in [2.24, 2.45) is 0 Å². The summed E-state index contributed by atoms with van der Waals surface area (Å²) in [7, 11) is -3.98. The summed E-state index contributed by atoms with van der Waals surface area (Å²) in [6, 6.07) is 9.75. The highest BCUT2D eigenvalue weighted by atomic mass is 32.2. The number of aryl methyl sites for hydroxylation is 1. The van der Waals surface area contributed by atoms with Crippen molar-refractivity contribution in [2.75, 3.05) is 6.61 Å². The van der Waals surface area contributed by atoms with Gasteiger partial charge in [0.25, 0.3) is 5.69 Å². The number of benzene rings is 2. The maximum atomic E-state index is 12.3. The Kier molecular flexibility index (Phi) is 6.75. The summed E-state index contributed by atoms with van der Waals surface area (Å²) in [6.45, 7) is -0.161. The molecule has 11 heteroatoms. The number of nitrogens with one attached hydrogen (secondary N) is 1. The summed E-state index contributed by atoms with van der Waals surface area (Å²) in [5, 5.41) is 11.0. The van der Waals surface area contributed by atoms with Crippen LogP contribution in [0.25, 0.3) is 0 Å². The van der Waals surface area contributed by atoms with Crippen molar-refractivity contribution in [3.63, 3.8) is 0 Å². The topological polar surface area (TPSA) is 98.5 Å². The van der Waals surface area contributed by atoms with Crippen molar-refractivity contribution in [2.45, 2.75) is 31.1 Å². The molecule has 0 spiro atoms. The number of rotatable bonds is 8. The molecule has 28 heavy (non-hydrogen) atoms. The fraction of sp³-hybridized carbons (Fsp3) is 0.294. The van der Waals surface area contributed by atoms with Crippen LogP contribution in [0.5, 0.6) is 0 Å². The van der Waals surface area contributed by atoms with Crippen molar-refractivity contribution in [3.05, 3.63) is 69.3 Å². The molecular formula is C17H17F3N2O5S. The third-order valence-electron chi connectivity index (χ3n) is 3.71. The minimum absolute atomic E-state index is 0.0896. The number of alkyl halides is 3. The number of hydrogen-bond acceptors (Lipinski definition) is 5. The Bertz CT molecular complexity index is 944. The van der Waals surface area contributed by atoms with E-state index in [2.05, 4.69) is 9.46 Å². The molecule has 0 amide bonds. The fourth-order valence-electron chi connectivity index (χ4n) is 2.25. The predicted octanol–water partition coefficient (Wildman–Crippen LogP) is 3.46. The van der Waals surface area contributed by atoms with E-state index < -0.39 is 27.7 Å².